The van der Waals surface area contributed by atoms with Crippen LogP contribution >= 0.6 is 0 Å². The molecule has 162 valence electrons. The van der Waals surface area contributed by atoms with Gasteiger partial charge in [-0.25, -0.2) is 4.79 Å². The Morgan fingerprint density at radius 3 is 2.48 bits per heavy atom. The van der Waals surface area contributed by atoms with E-state index in [1.807, 2.05) is 36.9 Å². The topological polar surface area (TPSA) is 61.9 Å². The van der Waals surface area contributed by atoms with Crippen LogP contribution in [0.1, 0.15) is 41.8 Å². The molecule has 2 aromatic carbocycles. The fourth-order valence-corrected chi connectivity index (χ4v) is 5.14. The third-order valence-electron chi connectivity index (χ3n) is 7.05. The summed E-state index contributed by atoms with van der Waals surface area (Å²) in [6.45, 7) is 8.95. The average Bonchev–Trinajstić information content (AvgIpc) is 3.35. The number of rotatable bonds is 3. The largest absolute Gasteiger partial charge is 0.449 e. The minimum absolute atomic E-state index is 0.0692. The maximum atomic E-state index is 13.6. The normalized spacial score (nSPS) is 23.2. The van der Waals surface area contributed by atoms with Crippen molar-refractivity contribution in [2.45, 2.75) is 31.3 Å². The number of hydrogen-bond donors (Lipinski definition) is 1. The van der Waals surface area contributed by atoms with Crippen molar-refractivity contribution in [3.05, 3.63) is 65.2 Å². The Morgan fingerprint density at radius 1 is 1.03 bits per heavy atom. The van der Waals surface area contributed by atoms with Crippen molar-refractivity contribution in [1.29, 1.82) is 0 Å². The van der Waals surface area contributed by atoms with E-state index in [-0.39, 0.29) is 11.9 Å². The Bertz CT molecular complexity index is 1010. The Labute approximate surface area is 183 Å². The number of nitrogens with zero attached hydrogens (tertiary/aromatic N) is 2. The lowest BCUT2D eigenvalue weighted by Crippen LogP contribution is -2.44. The first-order valence-corrected chi connectivity index (χ1v) is 11.1. The minimum Gasteiger partial charge on any atom is -0.449 e. The summed E-state index contributed by atoms with van der Waals surface area (Å²) in [7, 11) is 0. The Morgan fingerprint density at radius 2 is 1.74 bits per heavy atom. The second-order valence-electron chi connectivity index (χ2n) is 9.32. The molecule has 6 nitrogen and oxygen atoms in total. The minimum atomic E-state index is -0.703. The molecule has 0 radical (unpaired) electrons. The fourth-order valence-electron chi connectivity index (χ4n) is 5.14. The number of piperazine rings is 1. The van der Waals surface area contributed by atoms with Crippen molar-refractivity contribution >= 4 is 17.6 Å². The summed E-state index contributed by atoms with van der Waals surface area (Å²) in [5.41, 5.74) is 2.37. The number of benzene rings is 2. The van der Waals surface area contributed by atoms with Gasteiger partial charge < -0.3 is 19.9 Å². The highest BCUT2D eigenvalue weighted by Crippen LogP contribution is 2.44. The zero-order valence-corrected chi connectivity index (χ0v) is 18.2. The van der Waals surface area contributed by atoms with Crippen LogP contribution in [-0.4, -0.2) is 56.0 Å². The molecular weight excluding hydrogens is 390 g/mol. The molecule has 0 saturated carbocycles. The van der Waals surface area contributed by atoms with Gasteiger partial charge in [0, 0.05) is 50.4 Å². The molecule has 5 rings (SSSR count). The molecule has 3 aliphatic rings. The molecule has 31 heavy (non-hydrogen) atoms. The molecule has 0 aromatic heterocycles. The molecule has 1 atom stereocenters. The highest BCUT2D eigenvalue weighted by atomic mass is 16.6. The van der Waals surface area contributed by atoms with Gasteiger partial charge in [-0.15, -0.1) is 0 Å². The molecule has 1 unspecified atom stereocenters. The van der Waals surface area contributed by atoms with Crippen LogP contribution in [0, 0.1) is 0 Å². The van der Waals surface area contributed by atoms with Crippen LogP contribution < -0.4 is 10.2 Å². The van der Waals surface area contributed by atoms with Crippen LogP contribution in [0.5, 0.6) is 0 Å². The summed E-state index contributed by atoms with van der Waals surface area (Å²) in [6, 6.07) is 15.9. The third kappa shape index (κ3) is 3.30. The van der Waals surface area contributed by atoms with Gasteiger partial charge in [0.05, 0.1) is 17.5 Å². The van der Waals surface area contributed by atoms with Crippen molar-refractivity contribution in [1.82, 2.24) is 10.2 Å². The first kappa shape index (κ1) is 20.1. The Hall–Kier alpha value is -2.86. The van der Waals surface area contributed by atoms with Crippen LogP contribution in [0.2, 0.25) is 0 Å². The maximum Gasteiger partial charge on any atom is 0.339 e. The van der Waals surface area contributed by atoms with Gasteiger partial charge in [0.25, 0.3) is 0 Å². The number of carbonyl (C=O) groups is 2. The van der Waals surface area contributed by atoms with E-state index in [0.29, 0.717) is 25.1 Å². The smallest absolute Gasteiger partial charge is 0.339 e. The molecule has 2 fully saturated rings. The fraction of sp³-hybridized carbons (Fsp3) is 0.440. The second kappa shape index (κ2) is 7.38. The standard InChI is InChI=1S/C25H29N3O3/c1-24(2,18-7-9-19(10-8-18)27-15-12-26-13-16-27)23(30)28-14-11-25(17-28)21-6-4-3-5-20(21)22(29)31-25/h3-10,26H,11-17H2,1-2H3. The maximum absolute atomic E-state index is 13.6. The average molecular weight is 420 g/mol. The second-order valence-corrected chi connectivity index (χ2v) is 9.32. The van der Waals surface area contributed by atoms with Gasteiger partial charge >= 0.3 is 5.97 Å². The zero-order chi connectivity index (χ0) is 21.6. The number of anilines is 1. The van der Waals surface area contributed by atoms with Crippen LogP contribution in [0.15, 0.2) is 48.5 Å². The van der Waals surface area contributed by atoms with Crippen molar-refractivity contribution in [2.75, 3.05) is 44.2 Å². The predicted octanol–water partition coefficient (Wildman–Crippen LogP) is 2.67. The number of nitrogens with one attached hydrogen (secondary N) is 1. The van der Waals surface area contributed by atoms with Gasteiger partial charge in [0.2, 0.25) is 5.91 Å². The first-order valence-electron chi connectivity index (χ1n) is 11.1. The quantitative estimate of drug-likeness (QED) is 0.775. The molecule has 6 heteroatoms. The highest BCUT2D eigenvalue weighted by molar-refractivity contribution is 5.95. The van der Waals surface area contributed by atoms with E-state index in [0.717, 1.165) is 37.3 Å². The SMILES string of the molecule is CC(C)(C(=O)N1CCC2(C1)OC(=O)c1ccccc12)c1ccc(N2CCNCC2)cc1. The van der Waals surface area contributed by atoms with Gasteiger partial charge in [0.1, 0.15) is 0 Å². The lowest BCUT2D eigenvalue weighted by Gasteiger charge is -2.32. The van der Waals surface area contributed by atoms with Crippen molar-refractivity contribution in [3.8, 4) is 0 Å². The van der Waals surface area contributed by atoms with E-state index >= 15 is 0 Å². The predicted molar refractivity (Wildman–Crippen MR) is 119 cm³/mol. The zero-order valence-electron chi connectivity index (χ0n) is 18.2. The lowest BCUT2D eigenvalue weighted by molar-refractivity contribution is -0.136. The lowest BCUT2D eigenvalue weighted by atomic mass is 9.83. The number of esters is 1. The van der Waals surface area contributed by atoms with Crippen molar-refractivity contribution < 1.29 is 14.3 Å². The molecule has 1 spiro atoms. The summed E-state index contributed by atoms with van der Waals surface area (Å²) in [6.07, 6.45) is 0.638. The summed E-state index contributed by atoms with van der Waals surface area (Å²) >= 11 is 0. The van der Waals surface area contributed by atoms with Gasteiger partial charge in [0.15, 0.2) is 5.60 Å². The van der Waals surface area contributed by atoms with Gasteiger partial charge in [-0.2, -0.15) is 0 Å². The number of carbonyl (C=O) groups excluding carboxylic acids is 2. The van der Waals surface area contributed by atoms with Crippen LogP contribution in [0.3, 0.4) is 0 Å². The van der Waals surface area contributed by atoms with Crippen LogP contribution in [0.25, 0.3) is 0 Å². The van der Waals surface area contributed by atoms with E-state index in [1.54, 1.807) is 6.07 Å². The van der Waals surface area contributed by atoms with Crippen molar-refractivity contribution in [3.63, 3.8) is 0 Å². The molecule has 3 aliphatic heterocycles. The molecule has 1 N–H and O–H groups in total. The van der Waals surface area contributed by atoms with E-state index in [1.165, 1.54) is 5.69 Å². The monoisotopic (exact) mass is 419 g/mol. The number of likely N-dealkylation sites (tertiary alicyclic amines) is 1. The first-order chi connectivity index (χ1) is 14.9. The summed E-state index contributed by atoms with van der Waals surface area (Å²) in [5.74, 6) is -0.215. The number of hydrogen-bond acceptors (Lipinski definition) is 5. The van der Waals surface area contributed by atoms with E-state index in [9.17, 15) is 9.59 Å². The van der Waals surface area contributed by atoms with E-state index in [2.05, 4.69) is 34.5 Å². The van der Waals surface area contributed by atoms with E-state index in [4.69, 9.17) is 4.74 Å². The van der Waals surface area contributed by atoms with Gasteiger partial charge in [-0.1, -0.05) is 30.3 Å². The molecule has 3 heterocycles. The highest BCUT2D eigenvalue weighted by Gasteiger charge is 2.52. The molecular formula is C25H29N3O3. The molecule has 2 saturated heterocycles. The van der Waals surface area contributed by atoms with Gasteiger partial charge in [-0.05, 0) is 37.6 Å². The van der Waals surface area contributed by atoms with Crippen molar-refractivity contribution in [2.24, 2.45) is 0 Å². The molecule has 0 aliphatic carbocycles. The Balaban J connectivity index is 1.34. The Kier molecular flexibility index (Phi) is 4.77. The number of amides is 1. The van der Waals surface area contributed by atoms with Crippen LogP contribution in [-0.2, 0) is 20.5 Å². The summed E-state index contributed by atoms with van der Waals surface area (Å²) in [5, 5.41) is 3.37. The van der Waals surface area contributed by atoms with E-state index < -0.39 is 11.0 Å². The number of fused-ring (bicyclic) bond motifs is 2. The summed E-state index contributed by atoms with van der Waals surface area (Å²) < 4.78 is 5.82. The molecule has 1 amide bonds. The molecule has 0 bridgehead atoms. The summed E-state index contributed by atoms with van der Waals surface area (Å²) in [4.78, 5) is 30.1. The van der Waals surface area contributed by atoms with Gasteiger partial charge in [-0.3, -0.25) is 4.79 Å². The van der Waals surface area contributed by atoms with Crippen LogP contribution in [0.4, 0.5) is 5.69 Å². The third-order valence-corrected chi connectivity index (χ3v) is 7.05. The molecule has 2 aromatic rings. The number of ether oxygens (including phenoxy) is 1.